The molecule has 6 atom stereocenters. The number of imide groups is 4. The molecule has 10 nitrogen and oxygen atoms in total. The number of fused-ring (bicyclic) bond motifs is 4. The highest BCUT2D eigenvalue weighted by Crippen LogP contribution is 2.66. The van der Waals surface area contributed by atoms with Gasteiger partial charge in [-0.1, -0.05) is 65.7 Å². The lowest BCUT2D eigenvalue weighted by Gasteiger charge is -2.50. The van der Waals surface area contributed by atoms with Crippen molar-refractivity contribution in [2.45, 2.75) is 24.2 Å². The maximum absolute atomic E-state index is 15.2. The highest BCUT2D eigenvalue weighted by atomic mass is 35.5. The van der Waals surface area contributed by atoms with Crippen molar-refractivity contribution >= 4 is 46.9 Å². The Labute approximate surface area is 263 Å². The van der Waals surface area contributed by atoms with E-state index in [4.69, 9.17) is 22.1 Å². The van der Waals surface area contributed by atoms with E-state index in [2.05, 4.69) is 0 Å². The summed E-state index contributed by atoms with van der Waals surface area (Å²) in [7, 11) is 1.44. The van der Waals surface area contributed by atoms with Gasteiger partial charge in [-0.15, -0.1) is 0 Å². The van der Waals surface area contributed by atoms with Crippen LogP contribution in [0.2, 0.25) is 5.02 Å². The summed E-state index contributed by atoms with van der Waals surface area (Å²) in [4.78, 5) is 70.6. The van der Waals surface area contributed by atoms with Crippen LogP contribution in [0.1, 0.15) is 29.9 Å². The number of halogens is 1. The fourth-order valence-electron chi connectivity index (χ4n) is 8.28. The van der Waals surface area contributed by atoms with Crippen molar-refractivity contribution in [3.63, 3.8) is 0 Å². The van der Waals surface area contributed by atoms with Gasteiger partial charge >= 0.3 is 6.03 Å². The molecule has 7 rings (SSSR count). The van der Waals surface area contributed by atoms with Gasteiger partial charge in [0.25, 0.3) is 0 Å². The molecule has 11 heteroatoms. The maximum Gasteiger partial charge on any atom is 0.328 e. The number of urea groups is 1. The van der Waals surface area contributed by atoms with Crippen molar-refractivity contribution in [3.05, 3.63) is 101 Å². The number of phenolic OH excluding ortho intramolecular Hbond substituents is 1. The highest BCUT2D eigenvalue weighted by molar-refractivity contribution is 6.32. The third-order valence-electron chi connectivity index (χ3n) is 9.94. The minimum Gasteiger partial charge on any atom is -0.508 e. The Morgan fingerprint density at radius 2 is 1.69 bits per heavy atom. The Bertz CT molecular complexity index is 1840. The van der Waals surface area contributed by atoms with Gasteiger partial charge in [0.05, 0.1) is 36.0 Å². The standard InChI is InChI=1S/C34H28ClN3O7/c1-45-25-12-6-11-24(39)27(25)28-20-13-14-21-26(31(42)38(29(21)40)33(36)44)22(20)16-23-30(41)37(19-10-5-9-18(35)15-19)32(43)34(23,28)17-7-3-2-4-8-17/h2-13,15,21-23,26,28,39H,14,16H2,1H3,(H2,36,44)/t21-,22+,23-,26-,28+,34+/m0/s1. The van der Waals surface area contributed by atoms with Crippen LogP contribution in [0.25, 0.3) is 0 Å². The number of anilines is 1. The molecule has 0 bridgehead atoms. The molecular weight excluding hydrogens is 598 g/mol. The summed E-state index contributed by atoms with van der Waals surface area (Å²) in [5.41, 5.74) is 5.59. The number of ether oxygens (including phenoxy) is 1. The first-order chi connectivity index (χ1) is 21.6. The van der Waals surface area contributed by atoms with Crippen molar-refractivity contribution in [2.24, 2.45) is 29.4 Å². The second-order valence-electron chi connectivity index (χ2n) is 11.8. The lowest BCUT2D eigenvalue weighted by atomic mass is 9.49. The summed E-state index contributed by atoms with van der Waals surface area (Å²) in [6.07, 6.45) is 1.95. The number of rotatable bonds is 4. The number of amides is 6. The van der Waals surface area contributed by atoms with E-state index in [0.717, 1.165) is 4.90 Å². The zero-order valence-electron chi connectivity index (χ0n) is 24.1. The quantitative estimate of drug-likeness (QED) is 0.325. The normalized spacial score (nSPS) is 28.8. The molecule has 3 aromatic carbocycles. The van der Waals surface area contributed by atoms with Gasteiger partial charge in [0.2, 0.25) is 23.6 Å². The number of primary amides is 1. The molecule has 3 fully saturated rings. The molecule has 2 aliphatic heterocycles. The van der Waals surface area contributed by atoms with E-state index in [-0.39, 0.29) is 35.6 Å². The van der Waals surface area contributed by atoms with E-state index in [1.807, 2.05) is 6.08 Å². The van der Waals surface area contributed by atoms with Gasteiger partial charge in [0, 0.05) is 16.5 Å². The first kappa shape index (κ1) is 28.8. The average Bonchev–Trinajstić information content (AvgIpc) is 3.42. The molecule has 0 aromatic heterocycles. The van der Waals surface area contributed by atoms with E-state index >= 15 is 4.79 Å². The number of nitrogens with two attached hydrogens (primary N) is 1. The summed E-state index contributed by atoms with van der Waals surface area (Å²) in [6, 6.07) is 19.0. The fraction of sp³-hybridized carbons (Fsp3) is 0.265. The SMILES string of the molecule is COc1cccc(O)c1[C@H]1C2=CC[C@@H]3C(=O)N(C(N)=O)C(=O)[C@@H]3[C@@H]2C[C@H]2C(=O)N(c3cccc(Cl)c3)C(=O)[C@@]12c1ccccc1. The number of carbonyl (C=O) groups excluding carboxylic acids is 5. The van der Waals surface area contributed by atoms with Crippen LogP contribution in [-0.2, 0) is 24.6 Å². The zero-order chi connectivity index (χ0) is 31.8. The van der Waals surface area contributed by atoms with E-state index in [1.165, 1.54) is 19.2 Å². The Morgan fingerprint density at radius 1 is 0.956 bits per heavy atom. The molecule has 45 heavy (non-hydrogen) atoms. The topological polar surface area (TPSA) is 147 Å². The molecule has 2 saturated heterocycles. The predicted molar refractivity (Wildman–Crippen MR) is 162 cm³/mol. The highest BCUT2D eigenvalue weighted by Gasteiger charge is 2.71. The number of carbonyl (C=O) groups is 5. The summed E-state index contributed by atoms with van der Waals surface area (Å²) in [6.45, 7) is 0. The third kappa shape index (κ3) is 3.84. The molecule has 2 aliphatic carbocycles. The molecular formula is C34H28ClN3O7. The molecule has 0 spiro atoms. The second kappa shape index (κ2) is 10.3. The van der Waals surface area contributed by atoms with Crippen LogP contribution in [0.3, 0.4) is 0 Å². The summed E-state index contributed by atoms with van der Waals surface area (Å²) < 4.78 is 5.75. The Hall–Kier alpha value is -4.96. The van der Waals surface area contributed by atoms with Gasteiger partial charge < -0.3 is 15.6 Å². The number of hydrogen-bond acceptors (Lipinski definition) is 7. The van der Waals surface area contributed by atoms with Gasteiger partial charge in [0.15, 0.2) is 0 Å². The number of benzene rings is 3. The molecule has 6 amide bonds. The van der Waals surface area contributed by atoms with E-state index in [0.29, 0.717) is 21.1 Å². The van der Waals surface area contributed by atoms with Crippen LogP contribution < -0.4 is 15.4 Å². The van der Waals surface area contributed by atoms with Crippen LogP contribution in [0, 0.1) is 23.7 Å². The van der Waals surface area contributed by atoms with E-state index < -0.39 is 64.7 Å². The van der Waals surface area contributed by atoms with Crippen LogP contribution in [0.5, 0.6) is 11.5 Å². The first-order valence-corrected chi connectivity index (χ1v) is 14.9. The minimum atomic E-state index is -1.59. The summed E-state index contributed by atoms with van der Waals surface area (Å²) in [5.74, 6) is -6.91. The number of methoxy groups -OCH3 is 1. The van der Waals surface area contributed by atoms with Gasteiger partial charge in [-0.2, -0.15) is 4.90 Å². The minimum absolute atomic E-state index is 0.0293. The number of allylic oxidation sites excluding steroid dienone is 2. The van der Waals surface area contributed by atoms with E-state index in [1.54, 1.807) is 60.7 Å². The average molecular weight is 626 g/mol. The van der Waals surface area contributed by atoms with E-state index in [9.17, 15) is 24.3 Å². The largest absolute Gasteiger partial charge is 0.508 e. The molecule has 0 radical (unpaired) electrons. The van der Waals surface area contributed by atoms with Crippen LogP contribution in [0.15, 0.2) is 84.4 Å². The van der Waals surface area contributed by atoms with Gasteiger partial charge in [-0.25, -0.2) is 9.69 Å². The predicted octanol–water partition coefficient (Wildman–Crippen LogP) is 4.30. The number of phenols is 1. The number of aromatic hydroxyl groups is 1. The van der Waals surface area contributed by atoms with Gasteiger partial charge in [0.1, 0.15) is 11.5 Å². The molecule has 3 N–H and O–H groups in total. The monoisotopic (exact) mass is 625 g/mol. The molecule has 228 valence electrons. The van der Waals surface area contributed by atoms with Crippen molar-refractivity contribution in [2.75, 3.05) is 12.0 Å². The number of nitrogens with zero attached hydrogens (tertiary/aromatic N) is 2. The Morgan fingerprint density at radius 3 is 2.38 bits per heavy atom. The lowest BCUT2D eigenvalue weighted by molar-refractivity contribution is -0.136. The molecule has 4 aliphatic rings. The first-order valence-electron chi connectivity index (χ1n) is 14.5. The zero-order valence-corrected chi connectivity index (χ0v) is 24.8. The smallest absolute Gasteiger partial charge is 0.328 e. The molecule has 1 saturated carbocycles. The summed E-state index contributed by atoms with van der Waals surface area (Å²) >= 11 is 6.32. The number of hydrogen-bond donors (Lipinski definition) is 2. The number of likely N-dealkylation sites (tertiary alicyclic amines) is 1. The van der Waals surface area contributed by atoms with Crippen molar-refractivity contribution in [3.8, 4) is 11.5 Å². The molecule has 0 unspecified atom stereocenters. The van der Waals surface area contributed by atoms with Crippen LogP contribution >= 0.6 is 11.6 Å². The Kier molecular flexibility index (Phi) is 6.59. The third-order valence-corrected chi connectivity index (χ3v) is 10.2. The van der Waals surface area contributed by atoms with Crippen molar-refractivity contribution in [1.82, 2.24) is 4.90 Å². The second-order valence-corrected chi connectivity index (χ2v) is 12.3. The van der Waals surface area contributed by atoms with Crippen LogP contribution in [-0.4, -0.2) is 46.8 Å². The maximum atomic E-state index is 15.2. The van der Waals surface area contributed by atoms with Crippen LogP contribution in [0.4, 0.5) is 10.5 Å². The molecule has 3 aromatic rings. The van der Waals surface area contributed by atoms with Gasteiger partial charge in [-0.05, 0) is 54.7 Å². The van der Waals surface area contributed by atoms with Crippen molar-refractivity contribution in [1.29, 1.82) is 0 Å². The Balaban J connectivity index is 1.54. The fourth-order valence-corrected chi connectivity index (χ4v) is 8.46. The van der Waals surface area contributed by atoms with Crippen molar-refractivity contribution < 1.29 is 33.8 Å². The summed E-state index contributed by atoms with van der Waals surface area (Å²) in [5, 5.41) is 11.8. The lowest BCUT2D eigenvalue weighted by Crippen LogP contribution is -2.53. The van der Waals surface area contributed by atoms with Gasteiger partial charge in [-0.3, -0.25) is 19.2 Å². The molecule has 2 heterocycles.